The maximum Gasteiger partial charge on any atom is 0.377 e. The van der Waals surface area contributed by atoms with Crippen LogP contribution >= 0.6 is 15.9 Å². The number of ketones is 1. The van der Waals surface area contributed by atoms with Gasteiger partial charge in [-0.1, -0.05) is 0 Å². The lowest BCUT2D eigenvalue weighted by Gasteiger charge is -2.26. The highest BCUT2D eigenvalue weighted by Crippen LogP contribution is 2.29. The van der Waals surface area contributed by atoms with Crippen molar-refractivity contribution in [3.05, 3.63) is 28.2 Å². The average molecular weight is 349 g/mol. The van der Waals surface area contributed by atoms with Crippen LogP contribution in [0.25, 0.3) is 0 Å². The average Bonchev–Trinajstić information content (AvgIpc) is 2.24. The van der Waals surface area contributed by atoms with Crippen LogP contribution in [0.4, 0.5) is 0 Å². The van der Waals surface area contributed by atoms with E-state index in [-0.39, 0.29) is 28.1 Å². The van der Waals surface area contributed by atoms with Gasteiger partial charge in [-0.05, 0) is 34.1 Å². The number of carbonyl (C=O) groups is 2. The molecule has 1 aliphatic rings. The molecule has 0 saturated carbocycles. The third-order valence-electron chi connectivity index (χ3n) is 2.74. The van der Waals surface area contributed by atoms with Gasteiger partial charge in [0.1, 0.15) is 5.25 Å². The van der Waals surface area contributed by atoms with Gasteiger partial charge in [-0.15, -0.1) is 0 Å². The van der Waals surface area contributed by atoms with Crippen molar-refractivity contribution in [1.29, 1.82) is 0 Å². The molecule has 0 bridgehead atoms. The third-order valence-corrected chi connectivity index (χ3v) is 5.78. The monoisotopic (exact) mass is 348 g/mol. The Morgan fingerprint density at radius 2 is 1.95 bits per heavy atom. The van der Waals surface area contributed by atoms with Gasteiger partial charge in [0, 0.05) is 10.0 Å². The highest BCUT2D eigenvalue weighted by molar-refractivity contribution is 9.10. The summed E-state index contributed by atoms with van der Waals surface area (Å²) in [6.07, 6.45) is 0. The fourth-order valence-corrected chi connectivity index (χ4v) is 4.12. The number of hydrogen-bond acceptors (Lipinski definition) is 5. The Morgan fingerprint density at radius 1 is 1.32 bits per heavy atom. The molecule has 0 unspecified atom stereocenters. The Morgan fingerprint density at radius 3 is 2.37 bits per heavy atom. The summed E-state index contributed by atoms with van der Waals surface area (Å²) in [6, 6.07) is 3.62. The molecular weight excluding hydrogens is 340 g/mol. The van der Waals surface area contributed by atoms with Gasteiger partial charge in [0.2, 0.25) is 0 Å². The van der Waals surface area contributed by atoms with Crippen LogP contribution in [0, 0.1) is 0 Å². The second-order valence-corrected chi connectivity index (χ2v) is 7.03. The number of ether oxygens (including phenoxy) is 1. The molecule has 1 saturated heterocycles. The molecule has 0 amide bonds. The second kappa shape index (κ2) is 5.03. The van der Waals surface area contributed by atoms with Gasteiger partial charge in [-0.2, -0.15) is 0 Å². The molecule has 6 nitrogen and oxygen atoms in total. The van der Waals surface area contributed by atoms with E-state index in [0.29, 0.717) is 0 Å². The minimum Gasteiger partial charge on any atom is -0.475 e. The number of carboxylic acids is 1. The third kappa shape index (κ3) is 2.56. The maximum atomic E-state index is 12.1. The van der Waals surface area contributed by atoms with Crippen LogP contribution in [0.3, 0.4) is 0 Å². The Labute approximate surface area is 117 Å². The first-order chi connectivity index (χ1) is 8.84. The van der Waals surface area contributed by atoms with Gasteiger partial charge in [-0.25, -0.2) is 13.2 Å². The van der Waals surface area contributed by atoms with Crippen molar-refractivity contribution >= 4 is 37.5 Å². The molecule has 0 spiro atoms. The first kappa shape index (κ1) is 14.2. The smallest absolute Gasteiger partial charge is 0.377 e. The highest BCUT2D eigenvalue weighted by Gasteiger charge is 2.35. The molecular formula is C11H9BrO6S. The predicted molar refractivity (Wildman–Crippen MR) is 67.9 cm³/mol. The fraction of sp³-hybridized carbons (Fsp3) is 0.273. The predicted octanol–water partition coefficient (Wildman–Crippen LogP) is 0.889. The van der Waals surface area contributed by atoms with Crippen LogP contribution in [0.1, 0.15) is 10.4 Å². The van der Waals surface area contributed by atoms with Crippen molar-refractivity contribution in [3.8, 4) is 0 Å². The highest BCUT2D eigenvalue weighted by atomic mass is 79.9. The topological polar surface area (TPSA) is 97.7 Å². The van der Waals surface area contributed by atoms with Crippen molar-refractivity contribution in [2.24, 2.45) is 0 Å². The van der Waals surface area contributed by atoms with Gasteiger partial charge in [0.25, 0.3) is 5.78 Å². The molecule has 1 heterocycles. The Kier molecular flexibility index (Phi) is 3.75. The van der Waals surface area contributed by atoms with Gasteiger partial charge in [0.15, 0.2) is 9.84 Å². The summed E-state index contributed by atoms with van der Waals surface area (Å²) >= 11 is 3.06. The Hall–Kier alpha value is -1.25. The van der Waals surface area contributed by atoms with E-state index in [9.17, 15) is 18.0 Å². The lowest BCUT2D eigenvalue weighted by molar-refractivity contribution is -0.131. The summed E-state index contributed by atoms with van der Waals surface area (Å²) in [7, 11) is -3.53. The van der Waals surface area contributed by atoms with E-state index in [1.54, 1.807) is 0 Å². The minimum atomic E-state index is -3.53. The van der Waals surface area contributed by atoms with E-state index < -0.39 is 26.8 Å². The molecule has 0 atom stereocenters. The van der Waals surface area contributed by atoms with Crippen LogP contribution in [0.5, 0.6) is 0 Å². The Balaban J connectivity index is 2.40. The second-order valence-electron chi connectivity index (χ2n) is 3.98. The van der Waals surface area contributed by atoms with Crippen molar-refractivity contribution in [3.63, 3.8) is 0 Å². The number of halogens is 1. The number of sulfone groups is 1. The lowest BCUT2D eigenvalue weighted by Crippen LogP contribution is -2.40. The fourth-order valence-electron chi connectivity index (χ4n) is 1.57. The van der Waals surface area contributed by atoms with Crippen LogP contribution < -0.4 is 0 Å². The molecule has 1 N–H and O–H groups in total. The molecule has 1 fully saturated rings. The zero-order valence-electron chi connectivity index (χ0n) is 9.50. The standard InChI is InChI=1S/C11H9BrO6S/c12-8-3-6(10(13)11(14)15)1-2-9(8)19(16,17)7-4-18-5-7/h1-3,7H,4-5H2,(H,14,15). The largest absolute Gasteiger partial charge is 0.475 e. The number of benzene rings is 1. The zero-order chi connectivity index (χ0) is 14.2. The number of hydrogen-bond donors (Lipinski definition) is 1. The van der Waals surface area contributed by atoms with Crippen LogP contribution in [-0.4, -0.2) is 43.7 Å². The minimum absolute atomic E-state index is 0.0303. The molecule has 0 aromatic heterocycles. The normalized spacial score (nSPS) is 15.8. The molecule has 0 aliphatic carbocycles. The van der Waals surface area contributed by atoms with E-state index in [1.807, 2.05) is 0 Å². The summed E-state index contributed by atoms with van der Waals surface area (Å²) < 4.78 is 29.3. The summed E-state index contributed by atoms with van der Waals surface area (Å²) in [5.41, 5.74) is -0.0804. The summed E-state index contributed by atoms with van der Waals surface area (Å²) in [6.45, 7) is 0.287. The number of Topliss-reactive ketones (excluding diaryl/α,β-unsaturated/α-hetero) is 1. The molecule has 1 aromatic carbocycles. The number of rotatable bonds is 4. The number of aliphatic carboxylic acids is 1. The molecule has 102 valence electrons. The molecule has 0 radical (unpaired) electrons. The van der Waals surface area contributed by atoms with E-state index in [4.69, 9.17) is 9.84 Å². The lowest BCUT2D eigenvalue weighted by atomic mass is 10.1. The van der Waals surface area contributed by atoms with E-state index >= 15 is 0 Å². The van der Waals surface area contributed by atoms with Gasteiger partial charge in [-0.3, -0.25) is 4.79 Å². The van der Waals surface area contributed by atoms with Crippen LogP contribution in [0.2, 0.25) is 0 Å². The van der Waals surface area contributed by atoms with Gasteiger partial charge < -0.3 is 9.84 Å². The van der Waals surface area contributed by atoms with Crippen molar-refractivity contribution < 1.29 is 27.9 Å². The molecule has 1 aliphatic heterocycles. The summed E-state index contributed by atoms with van der Waals surface area (Å²) in [5.74, 6) is -2.67. The van der Waals surface area contributed by atoms with E-state index in [2.05, 4.69) is 15.9 Å². The van der Waals surface area contributed by atoms with E-state index in [0.717, 1.165) is 0 Å². The SMILES string of the molecule is O=C(O)C(=O)c1ccc(S(=O)(=O)C2COC2)c(Br)c1. The van der Waals surface area contributed by atoms with Crippen LogP contribution in [0.15, 0.2) is 27.6 Å². The molecule has 2 rings (SSSR count). The first-order valence-electron chi connectivity index (χ1n) is 5.23. The Bertz CT molecular complexity index is 647. The van der Waals surface area contributed by atoms with Gasteiger partial charge >= 0.3 is 5.97 Å². The van der Waals surface area contributed by atoms with Crippen molar-refractivity contribution in [2.75, 3.05) is 13.2 Å². The molecule has 19 heavy (non-hydrogen) atoms. The van der Waals surface area contributed by atoms with E-state index in [1.165, 1.54) is 18.2 Å². The number of carboxylic acid groups (broad SMARTS) is 1. The summed E-state index contributed by atoms with van der Waals surface area (Å²) in [5, 5.41) is 8.00. The van der Waals surface area contributed by atoms with Crippen molar-refractivity contribution in [1.82, 2.24) is 0 Å². The molecule has 1 aromatic rings. The maximum absolute atomic E-state index is 12.1. The molecule has 8 heteroatoms. The van der Waals surface area contributed by atoms with Crippen molar-refractivity contribution in [2.45, 2.75) is 10.1 Å². The number of carbonyl (C=O) groups excluding carboxylic acids is 1. The zero-order valence-corrected chi connectivity index (χ0v) is 11.9. The quantitative estimate of drug-likeness (QED) is 0.640. The summed E-state index contributed by atoms with van der Waals surface area (Å²) in [4.78, 5) is 21.9. The van der Waals surface area contributed by atoms with Crippen LogP contribution in [-0.2, 0) is 19.4 Å². The first-order valence-corrected chi connectivity index (χ1v) is 7.57. The van der Waals surface area contributed by atoms with Gasteiger partial charge in [0.05, 0.1) is 18.1 Å².